The van der Waals surface area contributed by atoms with Gasteiger partial charge in [-0.25, -0.2) is 14.5 Å². The zero-order chi connectivity index (χ0) is 27.1. The summed E-state index contributed by atoms with van der Waals surface area (Å²) in [5, 5.41) is 6.14. The minimum atomic E-state index is -1.23. The van der Waals surface area contributed by atoms with Gasteiger partial charge in [0.2, 0.25) is 0 Å². The van der Waals surface area contributed by atoms with E-state index in [1.807, 2.05) is 25.7 Å². The average molecular weight is 535 g/mol. The first kappa shape index (κ1) is 28.4. The summed E-state index contributed by atoms with van der Waals surface area (Å²) in [7, 11) is -1.23. The van der Waals surface area contributed by atoms with Crippen LogP contribution in [0.4, 0.5) is 9.59 Å². The van der Waals surface area contributed by atoms with Gasteiger partial charge in [-0.3, -0.25) is 4.79 Å². The van der Waals surface area contributed by atoms with E-state index in [-0.39, 0.29) is 47.7 Å². The lowest BCUT2D eigenvalue weighted by Crippen LogP contribution is -2.61. The van der Waals surface area contributed by atoms with Gasteiger partial charge in [0.1, 0.15) is 12.3 Å². The van der Waals surface area contributed by atoms with E-state index in [0.29, 0.717) is 6.61 Å². The molecule has 0 unspecified atom stereocenters. The van der Waals surface area contributed by atoms with Crippen molar-refractivity contribution in [1.29, 1.82) is 0 Å². The highest BCUT2D eigenvalue weighted by atomic mass is 28.3. The van der Waals surface area contributed by atoms with E-state index in [9.17, 15) is 14.4 Å². The van der Waals surface area contributed by atoms with E-state index in [0.717, 1.165) is 76.7 Å². The van der Waals surface area contributed by atoms with Crippen LogP contribution in [0.2, 0.25) is 25.7 Å². The van der Waals surface area contributed by atoms with Crippen molar-refractivity contribution in [3.8, 4) is 0 Å². The maximum absolute atomic E-state index is 13.7. The first-order valence-corrected chi connectivity index (χ1v) is 18.3. The fourth-order valence-electron chi connectivity index (χ4n) is 6.97. The first-order chi connectivity index (χ1) is 17.2. The Kier molecular flexibility index (Phi) is 8.07. The number of hydrogen-bond acceptors (Lipinski definition) is 4. The summed E-state index contributed by atoms with van der Waals surface area (Å²) in [4.78, 5) is 43.1. The van der Waals surface area contributed by atoms with Crippen LogP contribution in [0.15, 0.2) is 0 Å². The number of nitrogens with one attached hydrogen (secondary N) is 2. The molecule has 3 aliphatic carbocycles. The molecule has 1 heterocycles. The largest absolute Gasteiger partial charge is 0.361 e. The standard InChI is InChI=1S/C28H50N4O4Si/c1-26(2,3)30-24(34)29-21-10-14-27(15-11-21)18-22(19-27)32-25(35)31(20-36-16-17-37(4,5)6)23(33)28(32)12-8-7-9-13-28/h21-22H,7-20H2,1-6H3,(H2,29,30,34). The molecule has 0 radical (unpaired) electrons. The van der Waals surface area contributed by atoms with Crippen molar-refractivity contribution >= 4 is 26.0 Å². The van der Waals surface area contributed by atoms with E-state index >= 15 is 0 Å². The van der Waals surface area contributed by atoms with Crippen molar-refractivity contribution in [3.05, 3.63) is 0 Å². The van der Waals surface area contributed by atoms with Crippen LogP contribution in [-0.2, 0) is 9.53 Å². The zero-order valence-electron chi connectivity index (χ0n) is 24.1. The molecule has 4 fully saturated rings. The molecule has 37 heavy (non-hydrogen) atoms. The Balaban J connectivity index is 1.35. The topological polar surface area (TPSA) is 91.0 Å². The van der Waals surface area contributed by atoms with Crippen LogP contribution in [0, 0.1) is 5.41 Å². The third-order valence-corrected chi connectivity index (χ3v) is 10.7. The monoisotopic (exact) mass is 534 g/mol. The molecule has 0 aromatic rings. The van der Waals surface area contributed by atoms with Gasteiger partial charge in [0, 0.05) is 32.3 Å². The Morgan fingerprint density at radius 2 is 1.65 bits per heavy atom. The average Bonchev–Trinajstić information content (AvgIpc) is 2.95. The fraction of sp³-hybridized carbons (Fsp3) is 0.893. The second-order valence-corrected chi connectivity index (χ2v) is 20.1. The highest BCUT2D eigenvalue weighted by molar-refractivity contribution is 6.76. The number of hydrogen-bond donors (Lipinski definition) is 2. The minimum Gasteiger partial charge on any atom is -0.361 e. The molecule has 0 bridgehead atoms. The molecule has 1 aliphatic heterocycles. The maximum Gasteiger partial charge on any atom is 0.329 e. The summed E-state index contributed by atoms with van der Waals surface area (Å²) >= 11 is 0. The van der Waals surface area contributed by atoms with Crippen molar-refractivity contribution < 1.29 is 19.1 Å². The Labute approximate surface area is 224 Å². The summed E-state index contributed by atoms with van der Waals surface area (Å²) in [6.07, 6.45) is 10.7. The van der Waals surface area contributed by atoms with Crippen LogP contribution in [0.25, 0.3) is 0 Å². The van der Waals surface area contributed by atoms with Crippen LogP contribution in [0.3, 0.4) is 0 Å². The molecule has 8 nitrogen and oxygen atoms in total. The van der Waals surface area contributed by atoms with Crippen LogP contribution in [-0.4, -0.2) is 72.3 Å². The summed E-state index contributed by atoms with van der Waals surface area (Å²) in [6.45, 7) is 13.6. The van der Waals surface area contributed by atoms with E-state index in [2.05, 4.69) is 30.3 Å². The third-order valence-electron chi connectivity index (χ3n) is 9.01. The van der Waals surface area contributed by atoms with Crippen molar-refractivity contribution in [1.82, 2.24) is 20.4 Å². The van der Waals surface area contributed by atoms with Crippen LogP contribution < -0.4 is 10.6 Å². The van der Waals surface area contributed by atoms with Gasteiger partial charge in [-0.05, 0) is 83.6 Å². The lowest BCUT2D eigenvalue weighted by atomic mass is 9.57. The van der Waals surface area contributed by atoms with E-state index in [1.54, 1.807) is 0 Å². The number of rotatable bonds is 7. The summed E-state index contributed by atoms with van der Waals surface area (Å²) in [5.74, 6) is -0.0241. The molecule has 4 aliphatic rings. The molecule has 5 amide bonds. The molecule has 0 aromatic carbocycles. The predicted octanol–water partition coefficient (Wildman–Crippen LogP) is 5.45. The molecule has 210 valence electrons. The molecule has 4 rings (SSSR count). The third kappa shape index (κ3) is 6.35. The van der Waals surface area contributed by atoms with Crippen LogP contribution >= 0.6 is 0 Å². The van der Waals surface area contributed by atoms with Gasteiger partial charge in [0.25, 0.3) is 5.91 Å². The molecular formula is C28H50N4O4Si. The van der Waals surface area contributed by atoms with Crippen molar-refractivity contribution in [3.63, 3.8) is 0 Å². The van der Waals surface area contributed by atoms with Gasteiger partial charge < -0.3 is 20.3 Å². The minimum absolute atomic E-state index is 0.0241. The second-order valence-electron chi connectivity index (χ2n) is 14.5. The number of imide groups is 1. The van der Waals surface area contributed by atoms with Crippen molar-refractivity contribution in [2.24, 2.45) is 5.41 Å². The highest BCUT2D eigenvalue weighted by Gasteiger charge is 2.62. The SMILES string of the molecule is CC(C)(C)NC(=O)NC1CCC2(CC1)CC(N1C(=O)N(COCC[Si](C)(C)C)C(=O)C13CCCCC3)C2. The van der Waals surface area contributed by atoms with Gasteiger partial charge >= 0.3 is 12.1 Å². The van der Waals surface area contributed by atoms with Gasteiger partial charge in [0.05, 0.1) is 0 Å². The molecule has 9 heteroatoms. The number of amides is 5. The molecule has 3 saturated carbocycles. The Bertz CT molecular complexity index is 858. The number of carbonyl (C=O) groups excluding carboxylic acids is 3. The van der Waals surface area contributed by atoms with Crippen LogP contribution in [0.5, 0.6) is 0 Å². The normalized spacial score (nSPS) is 30.1. The molecule has 2 spiro atoms. The van der Waals surface area contributed by atoms with E-state index < -0.39 is 13.6 Å². The predicted molar refractivity (Wildman–Crippen MR) is 148 cm³/mol. The number of nitrogens with zero attached hydrogens (tertiary/aromatic N) is 2. The Hall–Kier alpha value is -1.61. The number of ether oxygens (including phenoxy) is 1. The smallest absolute Gasteiger partial charge is 0.329 e. The molecule has 0 atom stereocenters. The Morgan fingerprint density at radius 1 is 1.03 bits per heavy atom. The highest BCUT2D eigenvalue weighted by Crippen LogP contribution is 2.56. The summed E-state index contributed by atoms with van der Waals surface area (Å²) < 4.78 is 5.88. The van der Waals surface area contributed by atoms with E-state index in [1.165, 1.54) is 4.90 Å². The summed E-state index contributed by atoms with van der Waals surface area (Å²) in [6, 6.07) is 1.14. The summed E-state index contributed by atoms with van der Waals surface area (Å²) in [5.41, 5.74) is -0.666. The van der Waals surface area contributed by atoms with Gasteiger partial charge in [-0.2, -0.15) is 0 Å². The number of carbonyl (C=O) groups is 3. The number of urea groups is 2. The molecule has 0 aromatic heterocycles. The van der Waals surface area contributed by atoms with Gasteiger partial charge in [-0.1, -0.05) is 38.9 Å². The quantitative estimate of drug-likeness (QED) is 0.258. The molecule has 2 N–H and O–H groups in total. The first-order valence-electron chi connectivity index (χ1n) is 14.6. The maximum atomic E-state index is 13.7. The molecular weight excluding hydrogens is 484 g/mol. The zero-order valence-corrected chi connectivity index (χ0v) is 25.1. The lowest BCUT2D eigenvalue weighted by molar-refractivity contribution is -0.140. The van der Waals surface area contributed by atoms with Gasteiger partial charge in [0.15, 0.2) is 0 Å². The van der Waals surface area contributed by atoms with E-state index in [4.69, 9.17) is 4.74 Å². The lowest BCUT2D eigenvalue weighted by Gasteiger charge is -2.56. The van der Waals surface area contributed by atoms with Crippen molar-refractivity contribution in [2.75, 3.05) is 13.3 Å². The fourth-order valence-corrected chi connectivity index (χ4v) is 7.72. The van der Waals surface area contributed by atoms with Crippen molar-refractivity contribution in [2.45, 2.75) is 140 Å². The molecule has 1 saturated heterocycles. The van der Waals surface area contributed by atoms with Gasteiger partial charge in [-0.15, -0.1) is 0 Å². The Morgan fingerprint density at radius 3 is 2.22 bits per heavy atom. The second kappa shape index (κ2) is 10.5. The van der Waals surface area contributed by atoms with Crippen LogP contribution in [0.1, 0.15) is 91.4 Å².